The number of fused-ring (bicyclic) bond motifs is 1. The Hall–Kier alpha value is -0.500. The summed E-state index contributed by atoms with van der Waals surface area (Å²) in [6, 6.07) is 7.83. The Morgan fingerprint density at radius 2 is 1.88 bits per heavy atom. The fourth-order valence-electron chi connectivity index (χ4n) is 1.76. The smallest absolute Gasteiger partial charge is 0.0720 e. The summed E-state index contributed by atoms with van der Waals surface area (Å²) in [6.07, 6.45) is 0. The van der Waals surface area contributed by atoms with Gasteiger partial charge >= 0.3 is 0 Å². The van der Waals surface area contributed by atoms with E-state index in [1.165, 1.54) is 0 Å². The van der Waals surface area contributed by atoms with E-state index in [-0.39, 0.29) is 17.8 Å². The van der Waals surface area contributed by atoms with Gasteiger partial charge in [0.25, 0.3) is 0 Å². The topological polar surface area (TPSA) is 12.9 Å². The largest absolute Gasteiger partial charge is 0.253 e. The number of alkyl halides is 1. The van der Waals surface area contributed by atoms with Gasteiger partial charge in [-0.2, -0.15) is 0 Å². The number of nitrogens with zero attached hydrogens (tertiary/aromatic N) is 1. The minimum Gasteiger partial charge on any atom is -0.253 e. The molecule has 0 N–H and O–H groups in total. The summed E-state index contributed by atoms with van der Waals surface area (Å²) < 4.78 is 0. The summed E-state index contributed by atoms with van der Waals surface area (Å²) in [7, 11) is 0. The highest BCUT2D eigenvalue weighted by Crippen LogP contribution is 2.34. The van der Waals surface area contributed by atoms with Crippen molar-refractivity contribution in [3.63, 3.8) is 0 Å². The molecular formula is C12H12Cl3N. The molecule has 86 valence electrons. The molecule has 0 bridgehead atoms. The van der Waals surface area contributed by atoms with Crippen LogP contribution in [0.2, 0.25) is 5.02 Å². The van der Waals surface area contributed by atoms with Crippen molar-refractivity contribution in [2.75, 3.05) is 0 Å². The van der Waals surface area contributed by atoms with Gasteiger partial charge in [0, 0.05) is 16.6 Å². The lowest BCUT2D eigenvalue weighted by Gasteiger charge is -2.12. The highest BCUT2D eigenvalue weighted by Gasteiger charge is 2.14. The van der Waals surface area contributed by atoms with Crippen LogP contribution >= 0.6 is 35.6 Å². The molecular weight excluding hydrogens is 264 g/mol. The molecule has 0 saturated carbocycles. The van der Waals surface area contributed by atoms with Crippen LogP contribution < -0.4 is 0 Å². The third kappa shape index (κ3) is 2.27. The van der Waals surface area contributed by atoms with Gasteiger partial charge in [0.05, 0.1) is 15.9 Å². The fourth-order valence-corrected chi connectivity index (χ4v) is 2.55. The second-order valence-corrected chi connectivity index (χ2v) is 4.59. The van der Waals surface area contributed by atoms with Crippen LogP contribution in [0.5, 0.6) is 0 Å². The van der Waals surface area contributed by atoms with E-state index in [1.54, 1.807) is 0 Å². The number of aryl methyl sites for hydroxylation is 1. The monoisotopic (exact) mass is 275 g/mol. The van der Waals surface area contributed by atoms with Crippen molar-refractivity contribution >= 4 is 46.5 Å². The van der Waals surface area contributed by atoms with E-state index in [9.17, 15) is 0 Å². The van der Waals surface area contributed by atoms with Crippen LogP contribution in [0.1, 0.15) is 23.6 Å². The van der Waals surface area contributed by atoms with Gasteiger partial charge < -0.3 is 0 Å². The van der Waals surface area contributed by atoms with Crippen molar-refractivity contribution in [2.24, 2.45) is 0 Å². The number of benzene rings is 1. The molecule has 0 spiro atoms. The van der Waals surface area contributed by atoms with Gasteiger partial charge in [-0.1, -0.05) is 29.8 Å². The Labute approximate surface area is 111 Å². The first-order chi connectivity index (χ1) is 7.11. The number of hydrogen-bond acceptors (Lipinski definition) is 1. The van der Waals surface area contributed by atoms with Crippen LogP contribution in [0, 0.1) is 6.92 Å². The van der Waals surface area contributed by atoms with Gasteiger partial charge in [-0.25, -0.2) is 0 Å². The summed E-state index contributed by atoms with van der Waals surface area (Å²) in [5.74, 6) is 0. The lowest BCUT2D eigenvalue weighted by molar-refractivity contribution is 1.03. The first-order valence-corrected chi connectivity index (χ1v) is 5.61. The Balaban J connectivity index is 0.00000128. The zero-order chi connectivity index (χ0) is 11.0. The van der Waals surface area contributed by atoms with Gasteiger partial charge in [0.2, 0.25) is 0 Å². The number of hydrogen-bond donors (Lipinski definition) is 0. The number of rotatable bonds is 1. The van der Waals surface area contributed by atoms with Crippen molar-refractivity contribution in [1.29, 1.82) is 0 Å². The molecule has 1 nitrogen and oxygen atoms in total. The zero-order valence-corrected chi connectivity index (χ0v) is 11.3. The average Bonchev–Trinajstić information content (AvgIpc) is 2.17. The van der Waals surface area contributed by atoms with E-state index >= 15 is 0 Å². The zero-order valence-electron chi connectivity index (χ0n) is 9.00. The highest BCUT2D eigenvalue weighted by atomic mass is 35.5. The van der Waals surface area contributed by atoms with Crippen LogP contribution in [-0.4, -0.2) is 4.98 Å². The predicted molar refractivity (Wildman–Crippen MR) is 73.0 cm³/mol. The van der Waals surface area contributed by atoms with Crippen LogP contribution in [0.4, 0.5) is 0 Å². The summed E-state index contributed by atoms with van der Waals surface area (Å²) in [5, 5.41) is 1.57. The molecule has 0 radical (unpaired) electrons. The maximum absolute atomic E-state index is 6.32. The number of pyridine rings is 1. The minimum absolute atomic E-state index is 0. The number of para-hydroxylation sites is 1. The first-order valence-electron chi connectivity index (χ1n) is 4.80. The molecule has 16 heavy (non-hydrogen) atoms. The van der Waals surface area contributed by atoms with Crippen molar-refractivity contribution < 1.29 is 0 Å². The van der Waals surface area contributed by atoms with Crippen LogP contribution in [-0.2, 0) is 0 Å². The molecule has 2 rings (SSSR count). The lowest BCUT2D eigenvalue weighted by Crippen LogP contribution is -1.96. The Morgan fingerprint density at radius 3 is 2.50 bits per heavy atom. The van der Waals surface area contributed by atoms with E-state index in [0.29, 0.717) is 0 Å². The van der Waals surface area contributed by atoms with Gasteiger partial charge in [0.1, 0.15) is 0 Å². The molecule has 1 aromatic heterocycles. The first kappa shape index (κ1) is 13.6. The summed E-state index contributed by atoms with van der Waals surface area (Å²) in [6.45, 7) is 3.85. The number of halogens is 3. The Bertz CT molecular complexity index is 509. The molecule has 1 atom stereocenters. The van der Waals surface area contributed by atoms with E-state index < -0.39 is 0 Å². The van der Waals surface area contributed by atoms with Crippen LogP contribution in [0.3, 0.4) is 0 Å². The molecule has 0 amide bonds. The van der Waals surface area contributed by atoms with Crippen molar-refractivity contribution in [3.05, 3.63) is 40.5 Å². The Kier molecular flexibility index (Phi) is 4.43. The summed E-state index contributed by atoms with van der Waals surface area (Å²) in [5.41, 5.74) is 2.75. The highest BCUT2D eigenvalue weighted by molar-refractivity contribution is 6.37. The minimum atomic E-state index is -0.116. The fraction of sp³-hybridized carbons (Fsp3) is 0.250. The van der Waals surface area contributed by atoms with E-state index in [0.717, 1.165) is 27.2 Å². The second-order valence-electron chi connectivity index (χ2n) is 3.56. The van der Waals surface area contributed by atoms with Gasteiger partial charge in [-0.15, -0.1) is 24.0 Å². The molecule has 1 unspecified atom stereocenters. The molecule has 4 heteroatoms. The molecule has 0 saturated heterocycles. The maximum Gasteiger partial charge on any atom is 0.0720 e. The second kappa shape index (κ2) is 5.22. The third-order valence-electron chi connectivity index (χ3n) is 2.45. The summed E-state index contributed by atoms with van der Waals surface area (Å²) in [4.78, 5) is 4.49. The summed E-state index contributed by atoms with van der Waals surface area (Å²) >= 11 is 12.4. The normalized spacial score (nSPS) is 12.2. The lowest BCUT2D eigenvalue weighted by atomic mass is 10.1. The van der Waals surface area contributed by atoms with Crippen molar-refractivity contribution in [1.82, 2.24) is 4.98 Å². The molecule has 0 aliphatic rings. The predicted octanol–water partition coefficient (Wildman–Crippen LogP) is 4.92. The van der Waals surface area contributed by atoms with Crippen molar-refractivity contribution in [3.8, 4) is 0 Å². The maximum atomic E-state index is 6.32. The quantitative estimate of drug-likeness (QED) is 0.674. The van der Waals surface area contributed by atoms with Crippen LogP contribution in [0.15, 0.2) is 24.3 Å². The van der Waals surface area contributed by atoms with E-state index in [1.807, 2.05) is 38.1 Å². The van der Waals surface area contributed by atoms with E-state index in [2.05, 4.69) is 4.98 Å². The van der Waals surface area contributed by atoms with Gasteiger partial charge in [0.15, 0.2) is 0 Å². The standard InChI is InChI=1S/C12H11Cl2N.ClH/c1-7(13)11-8(2)15-10-6-4-3-5-9(10)12(11)14;/h3-7H,1-2H3;1H. The SMILES string of the molecule is Cc1nc2ccccc2c(Cl)c1C(C)Cl.Cl. The molecule has 0 fully saturated rings. The molecule has 1 heterocycles. The van der Waals surface area contributed by atoms with Crippen LogP contribution in [0.25, 0.3) is 10.9 Å². The van der Waals surface area contributed by atoms with Crippen molar-refractivity contribution in [2.45, 2.75) is 19.2 Å². The van der Waals surface area contributed by atoms with Gasteiger partial charge in [-0.05, 0) is 19.9 Å². The third-order valence-corrected chi connectivity index (χ3v) is 3.08. The molecule has 0 aliphatic carbocycles. The molecule has 0 aliphatic heterocycles. The number of aromatic nitrogens is 1. The molecule has 1 aromatic carbocycles. The van der Waals surface area contributed by atoms with Gasteiger partial charge in [-0.3, -0.25) is 4.98 Å². The average molecular weight is 277 g/mol. The Morgan fingerprint density at radius 1 is 1.25 bits per heavy atom. The van der Waals surface area contributed by atoms with E-state index in [4.69, 9.17) is 23.2 Å². The molecule has 2 aromatic rings.